The summed E-state index contributed by atoms with van der Waals surface area (Å²) in [5, 5.41) is 10.2. The maximum Gasteiger partial charge on any atom is 0.161 e. The molecule has 0 saturated carbocycles. The molecule has 1 heterocycles. The molecule has 2 aromatic carbocycles. The van der Waals surface area contributed by atoms with E-state index in [-0.39, 0.29) is 18.6 Å². The minimum Gasteiger partial charge on any atom is -0.491 e. The van der Waals surface area contributed by atoms with Gasteiger partial charge in [-0.15, -0.1) is 0 Å². The third-order valence-electron chi connectivity index (χ3n) is 4.23. The van der Waals surface area contributed by atoms with Crippen LogP contribution in [-0.4, -0.2) is 27.4 Å². The van der Waals surface area contributed by atoms with Crippen LogP contribution in [0.1, 0.15) is 26.3 Å². The maximum absolute atomic E-state index is 13.4. The van der Waals surface area contributed by atoms with Crippen LogP contribution in [-0.2, 0) is 12.0 Å². The van der Waals surface area contributed by atoms with E-state index in [1.54, 1.807) is 4.57 Å². The highest BCUT2D eigenvalue weighted by atomic mass is 19.2. The molecule has 1 atom stereocenters. The molecule has 0 radical (unpaired) electrons. The fraction of sp³-hybridized carbons (Fsp3) is 0.350. The van der Waals surface area contributed by atoms with Crippen LogP contribution in [0.25, 0.3) is 11.0 Å². The van der Waals surface area contributed by atoms with Crippen molar-refractivity contribution in [3.05, 3.63) is 59.9 Å². The molecule has 26 heavy (non-hydrogen) atoms. The third-order valence-corrected chi connectivity index (χ3v) is 4.23. The predicted molar refractivity (Wildman–Crippen MR) is 96.3 cm³/mol. The molecule has 138 valence electrons. The van der Waals surface area contributed by atoms with Crippen LogP contribution in [0.4, 0.5) is 8.78 Å². The van der Waals surface area contributed by atoms with Crippen LogP contribution in [0, 0.1) is 11.6 Å². The van der Waals surface area contributed by atoms with Crippen LogP contribution < -0.4 is 4.74 Å². The molecule has 0 spiro atoms. The standard InChI is InChI=1S/C20H22F2N2O2/c1-20(2,3)13-4-6-15(7-5-13)26-11-14(25)10-24-12-23-18-8-16(21)17(22)9-19(18)24/h4-9,12,14,25H,10-11H2,1-3H3. The highest BCUT2D eigenvalue weighted by molar-refractivity contribution is 5.75. The molecule has 0 amide bonds. The number of rotatable bonds is 5. The number of imidazole rings is 1. The highest BCUT2D eigenvalue weighted by Gasteiger charge is 2.14. The van der Waals surface area contributed by atoms with E-state index in [1.807, 2.05) is 24.3 Å². The van der Waals surface area contributed by atoms with Crippen LogP contribution >= 0.6 is 0 Å². The fourth-order valence-electron chi connectivity index (χ4n) is 2.72. The van der Waals surface area contributed by atoms with Gasteiger partial charge in [0.05, 0.1) is 23.9 Å². The van der Waals surface area contributed by atoms with Gasteiger partial charge >= 0.3 is 0 Å². The second-order valence-corrected chi connectivity index (χ2v) is 7.39. The summed E-state index contributed by atoms with van der Waals surface area (Å²) >= 11 is 0. The van der Waals surface area contributed by atoms with E-state index in [2.05, 4.69) is 25.8 Å². The van der Waals surface area contributed by atoms with Crippen molar-refractivity contribution in [3.63, 3.8) is 0 Å². The average Bonchev–Trinajstić information content (AvgIpc) is 2.95. The molecule has 0 aliphatic carbocycles. The van der Waals surface area contributed by atoms with E-state index >= 15 is 0 Å². The Morgan fingerprint density at radius 2 is 1.77 bits per heavy atom. The minimum absolute atomic E-state index is 0.0648. The quantitative estimate of drug-likeness (QED) is 0.747. The second kappa shape index (κ2) is 7.03. The van der Waals surface area contributed by atoms with Gasteiger partial charge in [-0.2, -0.15) is 0 Å². The van der Waals surface area contributed by atoms with Crippen molar-refractivity contribution in [2.75, 3.05) is 6.61 Å². The number of halogens is 2. The van der Waals surface area contributed by atoms with Gasteiger partial charge in [0, 0.05) is 12.1 Å². The predicted octanol–water partition coefficient (Wildman–Crippen LogP) is 4.05. The Labute approximate surface area is 151 Å². The van der Waals surface area contributed by atoms with E-state index < -0.39 is 17.7 Å². The van der Waals surface area contributed by atoms with Gasteiger partial charge in [-0.1, -0.05) is 32.9 Å². The second-order valence-electron chi connectivity index (χ2n) is 7.39. The van der Waals surface area contributed by atoms with Crippen molar-refractivity contribution < 1.29 is 18.6 Å². The normalized spacial score (nSPS) is 13.2. The first-order valence-electron chi connectivity index (χ1n) is 8.45. The van der Waals surface area contributed by atoms with E-state index in [1.165, 1.54) is 11.9 Å². The number of aliphatic hydroxyl groups is 1. The van der Waals surface area contributed by atoms with Crippen molar-refractivity contribution in [1.29, 1.82) is 0 Å². The summed E-state index contributed by atoms with van der Waals surface area (Å²) in [6, 6.07) is 9.87. The molecular weight excluding hydrogens is 338 g/mol. The molecule has 1 unspecified atom stereocenters. The summed E-state index contributed by atoms with van der Waals surface area (Å²) in [5.74, 6) is -1.21. The molecule has 3 rings (SSSR count). The van der Waals surface area contributed by atoms with Crippen molar-refractivity contribution in [1.82, 2.24) is 9.55 Å². The summed E-state index contributed by atoms with van der Waals surface area (Å²) < 4.78 is 33.9. The third kappa shape index (κ3) is 4.02. The fourth-order valence-corrected chi connectivity index (χ4v) is 2.72. The number of hydrogen-bond acceptors (Lipinski definition) is 3. The monoisotopic (exact) mass is 360 g/mol. The molecule has 3 aromatic rings. The Bertz CT molecular complexity index is 899. The molecule has 4 nitrogen and oxygen atoms in total. The number of benzene rings is 2. The van der Waals surface area contributed by atoms with E-state index in [0.717, 1.165) is 12.1 Å². The smallest absolute Gasteiger partial charge is 0.161 e. The Morgan fingerprint density at radius 3 is 2.42 bits per heavy atom. The summed E-state index contributed by atoms with van der Waals surface area (Å²) in [7, 11) is 0. The van der Waals surface area contributed by atoms with Gasteiger partial charge in [0.25, 0.3) is 0 Å². The van der Waals surface area contributed by atoms with Gasteiger partial charge in [-0.3, -0.25) is 0 Å². The molecular formula is C20H22F2N2O2. The van der Waals surface area contributed by atoms with Crippen LogP contribution in [0.2, 0.25) is 0 Å². The molecule has 0 fully saturated rings. The molecule has 1 N–H and O–H groups in total. The van der Waals surface area contributed by atoms with Gasteiger partial charge in [0.15, 0.2) is 11.6 Å². The first-order chi connectivity index (χ1) is 12.2. The molecule has 1 aromatic heterocycles. The van der Waals surface area contributed by atoms with Crippen LogP contribution in [0.5, 0.6) is 5.75 Å². The lowest BCUT2D eigenvalue weighted by Gasteiger charge is -2.19. The zero-order chi connectivity index (χ0) is 18.9. The van der Waals surface area contributed by atoms with E-state index in [4.69, 9.17) is 4.74 Å². The van der Waals surface area contributed by atoms with Crippen molar-refractivity contribution >= 4 is 11.0 Å². The number of ether oxygens (including phenoxy) is 1. The summed E-state index contributed by atoms with van der Waals surface area (Å²) in [6.45, 7) is 6.66. The Kier molecular flexibility index (Phi) is 4.96. The zero-order valence-electron chi connectivity index (χ0n) is 15.0. The van der Waals surface area contributed by atoms with Gasteiger partial charge in [0.2, 0.25) is 0 Å². The number of aliphatic hydroxyl groups excluding tert-OH is 1. The largest absolute Gasteiger partial charge is 0.491 e. The van der Waals surface area contributed by atoms with Crippen molar-refractivity contribution in [2.24, 2.45) is 0 Å². The zero-order valence-corrected chi connectivity index (χ0v) is 15.0. The van der Waals surface area contributed by atoms with E-state index in [0.29, 0.717) is 16.8 Å². The van der Waals surface area contributed by atoms with Gasteiger partial charge in [0.1, 0.15) is 18.5 Å². The van der Waals surface area contributed by atoms with Gasteiger partial charge in [-0.05, 0) is 23.1 Å². The lowest BCUT2D eigenvalue weighted by Crippen LogP contribution is -2.23. The van der Waals surface area contributed by atoms with Gasteiger partial charge in [-0.25, -0.2) is 13.8 Å². The number of fused-ring (bicyclic) bond motifs is 1. The number of hydrogen-bond donors (Lipinski definition) is 1. The molecule has 0 aliphatic heterocycles. The Morgan fingerprint density at radius 1 is 1.12 bits per heavy atom. The SMILES string of the molecule is CC(C)(C)c1ccc(OCC(O)Cn2cnc3cc(F)c(F)cc32)cc1. The van der Waals surface area contributed by atoms with Crippen molar-refractivity contribution in [2.45, 2.75) is 38.8 Å². The maximum atomic E-state index is 13.4. The minimum atomic E-state index is -0.941. The van der Waals surface area contributed by atoms with Crippen LogP contribution in [0.3, 0.4) is 0 Å². The Hall–Kier alpha value is -2.47. The van der Waals surface area contributed by atoms with Crippen molar-refractivity contribution in [3.8, 4) is 5.75 Å². The van der Waals surface area contributed by atoms with Gasteiger partial charge < -0.3 is 14.4 Å². The molecule has 0 bridgehead atoms. The summed E-state index contributed by atoms with van der Waals surface area (Å²) in [5.41, 5.74) is 2.03. The number of aromatic nitrogens is 2. The van der Waals surface area contributed by atoms with Crippen LogP contribution in [0.15, 0.2) is 42.7 Å². The Balaban J connectivity index is 1.63. The first kappa shape index (κ1) is 18.3. The first-order valence-corrected chi connectivity index (χ1v) is 8.45. The summed E-state index contributed by atoms with van der Waals surface area (Å²) in [6.07, 6.45) is 0.632. The highest BCUT2D eigenvalue weighted by Crippen LogP contribution is 2.24. The lowest BCUT2D eigenvalue weighted by atomic mass is 9.87. The lowest BCUT2D eigenvalue weighted by molar-refractivity contribution is 0.0934. The molecule has 0 saturated heterocycles. The topological polar surface area (TPSA) is 47.3 Å². The van der Waals surface area contributed by atoms with E-state index in [9.17, 15) is 13.9 Å². The number of nitrogens with zero attached hydrogens (tertiary/aromatic N) is 2. The summed E-state index contributed by atoms with van der Waals surface area (Å²) in [4.78, 5) is 4.03. The molecule has 6 heteroatoms. The molecule has 0 aliphatic rings. The average molecular weight is 360 g/mol.